The lowest BCUT2D eigenvalue weighted by atomic mass is 10.0. The van der Waals surface area contributed by atoms with Crippen LogP contribution in [-0.4, -0.2) is 71.2 Å². The summed E-state index contributed by atoms with van der Waals surface area (Å²) in [7, 11) is 2.16. The first kappa shape index (κ1) is 28.2. The molecule has 1 saturated heterocycles. The van der Waals surface area contributed by atoms with Gasteiger partial charge in [0.2, 0.25) is 11.8 Å². The van der Waals surface area contributed by atoms with Crippen LogP contribution in [-0.2, 0) is 11.3 Å². The number of pyridine rings is 1. The maximum absolute atomic E-state index is 13.7. The van der Waals surface area contributed by atoms with Gasteiger partial charge in [0.25, 0.3) is 5.56 Å². The molecule has 1 N–H and O–H groups in total. The zero-order valence-corrected chi connectivity index (χ0v) is 25.2. The molecule has 2 atom stereocenters. The van der Waals surface area contributed by atoms with Crippen LogP contribution < -0.4 is 15.8 Å². The lowest BCUT2D eigenvalue weighted by Crippen LogP contribution is -2.44. The van der Waals surface area contributed by atoms with E-state index in [1.165, 1.54) is 5.69 Å². The van der Waals surface area contributed by atoms with E-state index in [-0.39, 0.29) is 11.6 Å². The predicted octanol–water partition coefficient (Wildman–Crippen LogP) is 5.43. The smallest absolute Gasteiger partial charge is 0.260 e. The molecular formula is C32H36ClN7O2. The van der Waals surface area contributed by atoms with Gasteiger partial charge < -0.3 is 19.9 Å². The molecule has 9 nitrogen and oxygen atoms in total. The van der Waals surface area contributed by atoms with Crippen molar-refractivity contribution in [3.05, 3.63) is 75.7 Å². The van der Waals surface area contributed by atoms with Gasteiger partial charge in [-0.2, -0.15) is 4.98 Å². The molecule has 0 amide bonds. The summed E-state index contributed by atoms with van der Waals surface area (Å²) in [6.07, 6.45) is 1.74. The number of hydrogen-bond donors (Lipinski definition) is 1. The Morgan fingerprint density at radius 2 is 1.79 bits per heavy atom. The summed E-state index contributed by atoms with van der Waals surface area (Å²) >= 11 is 6.74. The number of anilines is 3. The minimum atomic E-state index is -0.158. The Hall–Kier alpha value is -3.95. The molecule has 4 aromatic rings. The first-order chi connectivity index (χ1) is 20.3. The van der Waals surface area contributed by atoms with Crippen LogP contribution in [0.1, 0.15) is 26.3 Å². The molecule has 42 heavy (non-hydrogen) atoms. The molecule has 4 heterocycles. The van der Waals surface area contributed by atoms with E-state index >= 15 is 0 Å². The first-order valence-electron chi connectivity index (χ1n) is 14.5. The molecule has 218 valence electrons. The molecule has 0 spiro atoms. The minimum Gasteiger partial charge on any atom is -0.477 e. The van der Waals surface area contributed by atoms with Crippen molar-refractivity contribution in [2.45, 2.75) is 33.4 Å². The number of piperazine rings is 1. The van der Waals surface area contributed by atoms with Crippen molar-refractivity contribution in [1.29, 1.82) is 0 Å². The third-order valence-electron chi connectivity index (χ3n) is 8.27. The van der Waals surface area contributed by atoms with E-state index in [1.54, 1.807) is 10.8 Å². The fraction of sp³-hybridized carbons (Fsp3) is 0.375. The molecular weight excluding hydrogens is 550 g/mol. The number of aryl methyl sites for hydroxylation is 1. The lowest BCUT2D eigenvalue weighted by Gasteiger charge is -2.34. The fourth-order valence-corrected chi connectivity index (χ4v) is 5.66. The molecule has 2 aromatic carbocycles. The highest BCUT2D eigenvalue weighted by Gasteiger charge is 2.22. The number of nitrogens with one attached hydrogen (secondary N) is 1. The number of likely N-dealkylation sites (N-methyl/N-ethyl adjacent to an activating group) is 1. The number of fused-ring (bicyclic) bond motifs is 1. The molecule has 6 rings (SSSR count). The van der Waals surface area contributed by atoms with Gasteiger partial charge in [0.15, 0.2) is 0 Å². The Labute approximate surface area is 250 Å². The van der Waals surface area contributed by atoms with Gasteiger partial charge in [0.1, 0.15) is 5.65 Å². The summed E-state index contributed by atoms with van der Waals surface area (Å²) in [6, 6.07) is 15.9. The molecule has 1 fully saturated rings. The van der Waals surface area contributed by atoms with Gasteiger partial charge in [-0.1, -0.05) is 24.6 Å². The van der Waals surface area contributed by atoms with E-state index in [0.29, 0.717) is 52.7 Å². The van der Waals surface area contributed by atoms with Gasteiger partial charge in [-0.3, -0.25) is 9.36 Å². The highest BCUT2D eigenvalue weighted by atomic mass is 35.5. The largest absolute Gasteiger partial charge is 0.477 e. The third-order valence-corrected chi connectivity index (χ3v) is 8.58. The van der Waals surface area contributed by atoms with Gasteiger partial charge >= 0.3 is 0 Å². The number of hydrogen-bond acceptors (Lipinski definition) is 8. The van der Waals surface area contributed by atoms with Gasteiger partial charge in [-0.05, 0) is 63.4 Å². The van der Waals surface area contributed by atoms with Gasteiger partial charge in [0, 0.05) is 83.3 Å². The van der Waals surface area contributed by atoms with Crippen molar-refractivity contribution in [1.82, 2.24) is 19.4 Å². The maximum atomic E-state index is 13.7. The standard InChI is InChI=1S/C32H36ClN7O2/c1-5-40-29-23(18-34-32(37-29)36-24-7-9-25(10-8-24)39-14-12-38(4)13-15-39)16-27(31(40)41)26-11-6-22(17-28(26)33)30-35-21(3)20(2)19-42-30/h6-11,16-18,20-21H,5,12-15,19H2,1-4H3,(H,34,36,37). The molecule has 2 aromatic heterocycles. The molecule has 2 unspecified atom stereocenters. The SMILES string of the molecule is CCn1c(=O)c(-c2ccc(C3=NC(C)C(C)CO3)cc2Cl)cc2cnc(Nc3ccc(N4CCN(C)CC4)cc3)nc21. The molecule has 2 aliphatic heterocycles. The third kappa shape index (κ3) is 5.58. The summed E-state index contributed by atoms with van der Waals surface area (Å²) < 4.78 is 7.52. The zero-order valence-electron chi connectivity index (χ0n) is 24.5. The lowest BCUT2D eigenvalue weighted by molar-refractivity contribution is 0.206. The average molecular weight is 586 g/mol. The number of benzene rings is 2. The summed E-state index contributed by atoms with van der Waals surface area (Å²) in [5.41, 5.74) is 4.45. The number of rotatable bonds is 6. The van der Waals surface area contributed by atoms with Crippen LogP contribution in [0.25, 0.3) is 22.2 Å². The number of halogens is 1. The first-order valence-corrected chi connectivity index (χ1v) is 14.9. The Bertz CT molecular complexity index is 1690. The summed E-state index contributed by atoms with van der Waals surface area (Å²) in [5, 5.41) is 4.51. The van der Waals surface area contributed by atoms with E-state index in [4.69, 9.17) is 21.3 Å². The van der Waals surface area contributed by atoms with Crippen molar-refractivity contribution in [2.24, 2.45) is 10.9 Å². The Kier molecular flexibility index (Phi) is 7.88. The van der Waals surface area contributed by atoms with E-state index in [2.05, 4.69) is 58.1 Å². The fourth-order valence-electron chi connectivity index (χ4n) is 5.38. The number of aliphatic imine (C=N–C) groups is 1. The van der Waals surface area contributed by atoms with Crippen molar-refractivity contribution in [2.75, 3.05) is 50.1 Å². The number of ether oxygens (including phenoxy) is 1. The van der Waals surface area contributed by atoms with Crippen molar-refractivity contribution in [3.63, 3.8) is 0 Å². The van der Waals surface area contributed by atoms with Crippen LogP contribution >= 0.6 is 11.6 Å². The van der Waals surface area contributed by atoms with Crippen LogP contribution in [0.15, 0.2) is 64.5 Å². The number of nitrogens with zero attached hydrogens (tertiary/aromatic N) is 6. The highest BCUT2D eigenvalue weighted by Crippen LogP contribution is 2.30. The highest BCUT2D eigenvalue weighted by molar-refractivity contribution is 6.33. The van der Waals surface area contributed by atoms with Crippen molar-refractivity contribution in [3.8, 4) is 11.1 Å². The average Bonchev–Trinajstić information content (AvgIpc) is 2.99. The molecule has 0 aliphatic carbocycles. The zero-order chi connectivity index (χ0) is 29.4. The van der Waals surface area contributed by atoms with Gasteiger partial charge in [-0.15, -0.1) is 0 Å². The Morgan fingerprint density at radius 1 is 1.02 bits per heavy atom. The van der Waals surface area contributed by atoms with Crippen LogP contribution in [0.4, 0.5) is 17.3 Å². The molecule has 10 heteroatoms. The maximum Gasteiger partial charge on any atom is 0.260 e. The number of aromatic nitrogens is 3. The Balaban J connectivity index is 1.27. The minimum absolute atomic E-state index is 0.158. The van der Waals surface area contributed by atoms with Crippen LogP contribution in [0.5, 0.6) is 0 Å². The van der Waals surface area contributed by atoms with Crippen LogP contribution in [0.2, 0.25) is 5.02 Å². The predicted molar refractivity (Wildman–Crippen MR) is 170 cm³/mol. The topological polar surface area (TPSA) is 87.9 Å². The second-order valence-corrected chi connectivity index (χ2v) is 11.6. The van der Waals surface area contributed by atoms with Gasteiger partial charge in [0.05, 0.1) is 12.6 Å². The van der Waals surface area contributed by atoms with E-state index in [9.17, 15) is 4.79 Å². The van der Waals surface area contributed by atoms with Gasteiger partial charge in [-0.25, -0.2) is 9.98 Å². The summed E-state index contributed by atoms with van der Waals surface area (Å²) in [5.74, 6) is 1.38. The summed E-state index contributed by atoms with van der Waals surface area (Å²) in [6.45, 7) is 11.4. The summed E-state index contributed by atoms with van der Waals surface area (Å²) in [4.78, 5) is 32.4. The quantitative estimate of drug-likeness (QED) is 0.323. The monoisotopic (exact) mass is 585 g/mol. The molecule has 0 radical (unpaired) electrons. The van der Waals surface area contributed by atoms with Crippen LogP contribution in [0, 0.1) is 5.92 Å². The van der Waals surface area contributed by atoms with Crippen LogP contribution in [0.3, 0.4) is 0 Å². The van der Waals surface area contributed by atoms with E-state index in [0.717, 1.165) is 42.8 Å². The van der Waals surface area contributed by atoms with E-state index < -0.39 is 0 Å². The Morgan fingerprint density at radius 3 is 2.48 bits per heavy atom. The second kappa shape index (κ2) is 11.7. The molecule has 0 saturated carbocycles. The second-order valence-electron chi connectivity index (χ2n) is 11.2. The van der Waals surface area contributed by atoms with Crippen molar-refractivity contribution >= 4 is 45.9 Å². The van der Waals surface area contributed by atoms with Crippen molar-refractivity contribution < 1.29 is 4.74 Å². The van der Waals surface area contributed by atoms with E-state index in [1.807, 2.05) is 43.3 Å². The molecule has 0 bridgehead atoms. The normalized spacial score (nSPS) is 19.5. The molecule has 2 aliphatic rings.